The van der Waals surface area contributed by atoms with Crippen molar-refractivity contribution in [3.63, 3.8) is 0 Å². The molecule has 1 N–H and O–H groups in total. The van der Waals surface area contributed by atoms with E-state index >= 15 is 0 Å². The van der Waals surface area contributed by atoms with E-state index in [1.165, 1.54) is 4.90 Å². The summed E-state index contributed by atoms with van der Waals surface area (Å²) < 4.78 is 1.55. The fraction of sp³-hybridized carbons (Fsp3) is 0.286. The molecule has 2 rings (SSSR count). The number of nitrogens with zero attached hydrogens (tertiary/aromatic N) is 3. The Morgan fingerprint density at radius 2 is 2.10 bits per heavy atom. The molecule has 1 atom stereocenters. The van der Waals surface area contributed by atoms with Crippen LogP contribution in [0.25, 0.3) is 5.69 Å². The van der Waals surface area contributed by atoms with E-state index in [1.807, 2.05) is 0 Å². The normalized spacial score (nSPS) is 12.2. The summed E-state index contributed by atoms with van der Waals surface area (Å²) in [5.41, 5.74) is 1.75. The third kappa shape index (κ3) is 2.84. The third-order valence-corrected chi connectivity index (χ3v) is 3.22. The number of aliphatic hydroxyl groups excluding tert-OH is 1. The number of aliphatic hydroxyl groups is 1. The number of halogens is 1. The highest BCUT2D eigenvalue weighted by Crippen LogP contribution is 2.24. The summed E-state index contributed by atoms with van der Waals surface area (Å²) in [6.45, 7) is 1.67. The predicted octanol–water partition coefficient (Wildman–Crippen LogP) is 2.28. The van der Waals surface area contributed by atoms with Crippen LogP contribution in [0.1, 0.15) is 29.1 Å². The van der Waals surface area contributed by atoms with Crippen molar-refractivity contribution in [2.24, 2.45) is 0 Å². The van der Waals surface area contributed by atoms with E-state index in [-0.39, 0.29) is 5.91 Å². The van der Waals surface area contributed by atoms with Crippen molar-refractivity contribution in [2.75, 3.05) is 14.1 Å². The van der Waals surface area contributed by atoms with Gasteiger partial charge in [-0.15, -0.1) is 0 Å². The van der Waals surface area contributed by atoms with Gasteiger partial charge in [-0.2, -0.15) is 5.10 Å². The van der Waals surface area contributed by atoms with Crippen molar-refractivity contribution in [3.05, 3.63) is 46.7 Å². The molecule has 0 spiro atoms. The number of amides is 1. The van der Waals surface area contributed by atoms with Gasteiger partial charge in [0.05, 0.1) is 16.8 Å². The van der Waals surface area contributed by atoms with E-state index in [1.54, 1.807) is 56.2 Å². The molecule has 1 aromatic heterocycles. The van der Waals surface area contributed by atoms with Gasteiger partial charge in [0.25, 0.3) is 5.91 Å². The maximum Gasteiger partial charge on any atom is 0.273 e. The van der Waals surface area contributed by atoms with Crippen molar-refractivity contribution in [1.82, 2.24) is 14.7 Å². The Labute approximate surface area is 122 Å². The summed E-state index contributed by atoms with van der Waals surface area (Å²) in [5.74, 6) is -0.166. The van der Waals surface area contributed by atoms with Crippen LogP contribution in [0.5, 0.6) is 0 Å². The molecule has 0 saturated heterocycles. The minimum Gasteiger partial charge on any atom is -0.389 e. The molecule has 1 amide bonds. The molecule has 0 fully saturated rings. The summed E-state index contributed by atoms with van der Waals surface area (Å²) in [5, 5.41) is 14.2. The van der Waals surface area contributed by atoms with Crippen LogP contribution in [0, 0.1) is 0 Å². The molecule has 1 aromatic carbocycles. The highest BCUT2D eigenvalue weighted by atomic mass is 35.5. The second-order valence-corrected chi connectivity index (χ2v) is 5.14. The van der Waals surface area contributed by atoms with Gasteiger partial charge in [-0.25, -0.2) is 4.68 Å². The molecule has 2 aromatic rings. The van der Waals surface area contributed by atoms with E-state index in [4.69, 9.17) is 11.6 Å². The van der Waals surface area contributed by atoms with Crippen LogP contribution in [0.3, 0.4) is 0 Å². The number of hydrogen-bond acceptors (Lipinski definition) is 3. The summed E-state index contributed by atoms with van der Waals surface area (Å²) in [6, 6.07) is 6.88. The first-order valence-corrected chi connectivity index (χ1v) is 6.53. The van der Waals surface area contributed by atoms with Gasteiger partial charge in [0, 0.05) is 20.3 Å². The van der Waals surface area contributed by atoms with Gasteiger partial charge in [0.2, 0.25) is 0 Å². The Balaban J connectivity index is 2.35. The fourth-order valence-electron chi connectivity index (χ4n) is 1.77. The second-order valence-electron chi connectivity index (χ2n) is 4.73. The van der Waals surface area contributed by atoms with Crippen LogP contribution in [-0.4, -0.2) is 39.8 Å². The molecule has 106 valence electrons. The first kappa shape index (κ1) is 14.6. The number of aromatic nitrogens is 2. The van der Waals surface area contributed by atoms with Gasteiger partial charge in [0.15, 0.2) is 5.69 Å². The molecule has 6 heteroatoms. The molecule has 0 unspecified atom stereocenters. The molecule has 0 aliphatic carbocycles. The Hall–Kier alpha value is -1.85. The molecule has 1 heterocycles. The van der Waals surface area contributed by atoms with Crippen molar-refractivity contribution in [1.29, 1.82) is 0 Å². The zero-order valence-electron chi connectivity index (χ0n) is 11.5. The molecule has 0 bridgehead atoms. The SMILES string of the molecule is C[C@H](O)c1ccc(-n2ccc(C(=O)N(C)C)n2)c(Cl)c1. The average Bonchev–Trinajstić information content (AvgIpc) is 2.86. The number of rotatable bonds is 3. The van der Waals surface area contributed by atoms with E-state index in [2.05, 4.69) is 5.10 Å². The quantitative estimate of drug-likeness (QED) is 0.944. The number of carbonyl (C=O) groups excluding carboxylic acids is 1. The maximum absolute atomic E-state index is 11.8. The molecule has 20 heavy (non-hydrogen) atoms. The topological polar surface area (TPSA) is 58.4 Å². The second kappa shape index (κ2) is 5.64. The number of benzene rings is 1. The molecule has 0 radical (unpaired) electrons. The molecular formula is C14H16ClN3O2. The van der Waals surface area contributed by atoms with Crippen molar-refractivity contribution in [3.8, 4) is 5.69 Å². The fourth-order valence-corrected chi connectivity index (χ4v) is 2.05. The Morgan fingerprint density at radius 3 is 2.65 bits per heavy atom. The van der Waals surface area contributed by atoms with E-state index < -0.39 is 6.10 Å². The summed E-state index contributed by atoms with van der Waals surface area (Å²) in [6.07, 6.45) is 1.10. The van der Waals surface area contributed by atoms with Crippen molar-refractivity contribution in [2.45, 2.75) is 13.0 Å². The van der Waals surface area contributed by atoms with E-state index in [9.17, 15) is 9.90 Å². The monoisotopic (exact) mass is 293 g/mol. The van der Waals surface area contributed by atoms with Gasteiger partial charge in [-0.05, 0) is 30.7 Å². The molecule has 0 saturated carbocycles. The Bertz CT molecular complexity index is 635. The standard InChI is InChI=1S/C14H16ClN3O2/c1-9(19)10-4-5-13(11(15)8-10)18-7-6-12(16-18)14(20)17(2)3/h4-9,19H,1-3H3/t9-/m0/s1. The highest BCUT2D eigenvalue weighted by molar-refractivity contribution is 6.32. The zero-order valence-corrected chi connectivity index (χ0v) is 12.3. The first-order chi connectivity index (χ1) is 9.40. The number of carbonyl (C=O) groups is 1. The van der Waals surface area contributed by atoms with Gasteiger partial charge >= 0.3 is 0 Å². The largest absolute Gasteiger partial charge is 0.389 e. The van der Waals surface area contributed by atoms with Crippen LogP contribution in [0.15, 0.2) is 30.5 Å². The Kier molecular flexibility index (Phi) is 4.11. The van der Waals surface area contributed by atoms with Gasteiger partial charge in [-0.3, -0.25) is 4.79 Å². The number of hydrogen-bond donors (Lipinski definition) is 1. The predicted molar refractivity (Wildman–Crippen MR) is 77.2 cm³/mol. The minimum absolute atomic E-state index is 0.166. The maximum atomic E-state index is 11.8. The van der Waals surface area contributed by atoms with E-state index in [0.717, 1.165) is 5.56 Å². The highest BCUT2D eigenvalue weighted by Gasteiger charge is 2.13. The van der Waals surface area contributed by atoms with E-state index in [0.29, 0.717) is 16.4 Å². The van der Waals surface area contributed by atoms with Crippen LogP contribution in [0.2, 0.25) is 5.02 Å². The summed E-state index contributed by atoms with van der Waals surface area (Å²) in [4.78, 5) is 13.3. The van der Waals surface area contributed by atoms with Gasteiger partial charge < -0.3 is 10.0 Å². The van der Waals surface area contributed by atoms with Gasteiger partial charge in [0.1, 0.15) is 0 Å². The summed E-state index contributed by atoms with van der Waals surface area (Å²) in [7, 11) is 3.34. The lowest BCUT2D eigenvalue weighted by atomic mass is 10.1. The van der Waals surface area contributed by atoms with Gasteiger partial charge in [-0.1, -0.05) is 17.7 Å². The zero-order chi connectivity index (χ0) is 14.9. The molecule has 0 aliphatic rings. The Morgan fingerprint density at radius 1 is 1.40 bits per heavy atom. The van der Waals surface area contributed by atoms with Crippen LogP contribution in [0.4, 0.5) is 0 Å². The van der Waals surface area contributed by atoms with Crippen LogP contribution in [-0.2, 0) is 0 Å². The molecule has 0 aliphatic heterocycles. The third-order valence-electron chi connectivity index (χ3n) is 2.92. The average molecular weight is 294 g/mol. The lowest BCUT2D eigenvalue weighted by Gasteiger charge is -2.09. The molecular weight excluding hydrogens is 278 g/mol. The lowest BCUT2D eigenvalue weighted by Crippen LogP contribution is -2.22. The first-order valence-electron chi connectivity index (χ1n) is 6.15. The molecule has 5 nitrogen and oxygen atoms in total. The van der Waals surface area contributed by atoms with Crippen LogP contribution < -0.4 is 0 Å². The summed E-state index contributed by atoms with van der Waals surface area (Å²) >= 11 is 6.19. The van der Waals surface area contributed by atoms with Crippen molar-refractivity contribution >= 4 is 17.5 Å². The van der Waals surface area contributed by atoms with Crippen molar-refractivity contribution < 1.29 is 9.90 Å². The minimum atomic E-state index is -0.579. The smallest absolute Gasteiger partial charge is 0.273 e. The van der Waals surface area contributed by atoms with Crippen LogP contribution >= 0.6 is 11.6 Å². The lowest BCUT2D eigenvalue weighted by molar-refractivity contribution is 0.0821.